The van der Waals surface area contributed by atoms with Gasteiger partial charge in [0.25, 0.3) is 5.56 Å². The minimum atomic E-state index is -0.0404. The lowest BCUT2D eigenvalue weighted by molar-refractivity contribution is 0.627. The Morgan fingerprint density at radius 1 is 1.28 bits per heavy atom. The Bertz CT molecular complexity index is 747. The van der Waals surface area contributed by atoms with Gasteiger partial charge in [-0.25, -0.2) is 4.68 Å². The number of fused-ring (bicyclic) bond motifs is 1. The van der Waals surface area contributed by atoms with E-state index in [1.54, 1.807) is 11.7 Å². The normalized spacial score (nSPS) is 10.9. The van der Waals surface area contributed by atoms with Crippen LogP contribution in [0.15, 0.2) is 40.8 Å². The molecule has 3 aromatic rings. The Kier molecular flexibility index (Phi) is 2.68. The summed E-state index contributed by atoms with van der Waals surface area (Å²) >= 11 is 1.53. The second-order valence-electron chi connectivity index (χ2n) is 3.88. The summed E-state index contributed by atoms with van der Waals surface area (Å²) in [6.45, 7) is 2.48. The molecule has 0 N–H and O–H groups in total. The van der Waals surface area contributed by atoms with E-state index in [0.29, 0.717) is 11.9 Å². The van der Waals surface area contributed by atoms with Crippen molar-refractivity contribution in [2.45, 2.75) is 13.5 Å². The second-order valence-corrected chi connectivity index (χ2v) is 4.77. The number of aryl methyl sites for hydroxylation is 1. The van der Waals surface area contributed by atoms with E-state index in [-0.39, 0.29) is 5.56 Å². The largest absolute Gasteiger partial charge is 0.274 e. The topological polar surface area (TPSA) is 47.8 Å². The molecule has 0 saturated carbocycles. The first-order chi connectivity index (χ1) is 8.81. The molecule has 0 bridgehead atoms. The maximum absolute atomic E-state index is 12.2. The Morgan fingerprint density at radius 3 is 2.72 bits per heavy atom. The van der Waals surface area contributed by atoms with Gasteiger partial charge in [-0.05, 0) is 13.0 Å². The monoisotopic (exact) mass is 257 g/mol. The molecule has 2 aromatic heterocycles. The van der Waals surface area contributed by atoms with Gasteiger partial charge in [-0.15, -0.1) is 11.3 Å². The van der Waals surface area contributed by atoms with Gasteiger partial charge in [0.15, 0.2) is 0 Å². The van der Waals surface area contributed by atoms with Crippen molar-refractivity contribution in [2.24, 2.45) is 0 Å². The third-order valence-corrected chi connectivity index (χ3v) is 3.61. The summed E-state index contributed by atoms with van der Waals surface area (Å²) in [6.07, 6.45) is 1.78. The zero-order chi connectivity index (χ0) is 12.5. The summed E-state index contributed by atoms with van der Waals surface area (Å²) in [5, 5.41) is 6.03. The van der Waals surface area contributed by atoms with Gasteiger partial charge in [0.05, 0.1) is 15.8 Å². The fourth-order valence-corrected chi connectivity index (χ4v) is 2.58. The molecule has 0 aliphatic rings. The summed E-state index contributed by atoms with van der Waals surface area (Å²) in [7, 11) is 0. The number of hydrogen-bond donors (Lipinski definition) is 0. The van der Waals surface area contributed by atoms with Crippen molar-refractivity contribution >= 4 is 22.1 Å². The smallest absolute Gasteiger partial charge is 0.267 e. The predicted octanol–water partition coefficient (Wildman–Crippen LogP) is 2.54. The highest BCUT2D eigenvalue weighted by Crippen LogP contribution is 2.27. The highest BCUT2D eigenvalue weighted by molar-refractivity contribution is 7.13. The van der Waals surface area contributed by atoms with Crippen LogP contribution in [0.2, 0.25) is 0 Å². The van der Waals surface area contributed by atoms with Crippen molar-refractivity contribution in [1.82, 2.24) is 14.8 Å². The maximum atomic E-state index is 12.2. The summed E-state index contributed by atoms with van der Waals surface area (Å²) in [5.41, 5.74) is 2.56. The van der Waals surface area contributed by atoms with Crippen molar-refractivity contribution < 1.29 is 0 Å². The van der Waals surface area contributed by atoms with Crippen molar-refractivity contribution in [3.05, 3.63) is 46.3 Å². The van der Waals surface area contributed by atoms with Gasteiger partial charge < -0.3 is 0 Å². The molecule has 0 aliphatic heterocycles. The van der Waals surface area contributed by atoms with Crippen molar-refractivity contribution in [1.29, 1.82) is 0 Å². The first-order valence-corrected chi connectivity index (χ1v) is 6.58. The van der Waals surface area contributed by atoms with Crippen LogP contribution >= 0.6 is 11.3 Å². The van der Waals surface area contributed by atoms with Crippen LogP contribution in [0, 0.1) is 0 Å². The number of rotatable bonds is 2. The number of hydrogen-bond acceptors (Lipinski definition) is 4. The average Bonchev–Trinajstić information content (AvgIpc) is 2.93. The number of thiazole rings is 1. The lowest BCUT2D eigenvalue weighted by Gasteiger charge is -2.07. The summed E-state index contributed by atoms with van der Waals surface area (Å²) in [4.78, 5) is 17.2. The molecular weight excluding hydrogens is 246 g/mol. The Hall–Kier alpha value is -2.01. The van der Waals surface area contributed by atoms with Crippen molar-refractivity contribution in [3.63, 3.8) is 0 Å². The lowest BCUT2D eigenvalue weighted by Crippen LogP contribution is -2.22. The summed E-state index contributed by atoms with van der Waals surface area (Å²) < 4.78 is 1.50. The van der Waals surface area contributed by atoms with Crippen LogP contribution in [-0.4, -0.2) is 14.8 Å². The highest BCUT2D eigenvalue weighted by Gasteiger charge is 2.11. The minimum Gasteiger partial charge on any atom is -0.267 e. The van der Waals surface area contributed by atoms with Crippen molar-refractivity contribution in [2.75, 3.05) is 0 Å². The van der Waals surface area contributed by atoms with E-state index >= 15 is 0 Å². The van der Waals surface area contributed by atoms with Crippen LogP contribution in [-0.2, 0) is 6.54 Å². The van der Waals surface area contributed by atoms with Crippen LogP contribution < -0.4 is 5.56 Å². The van der Waals surface area contributed by atoms with Gasteiger partial charge in [0, 0.05) is 18.1 Å². The average molecular weight is 257 g/mol. The van der Waals surface area contributed by atoms with E-state index < -0.39 is 0 Å². The van der Waals surface area contributed by atoms with E-state index in [0.717, 1.165) is 16.0 Å². The third kappa shape index (κ3) is 1.64. The fraction of sp³-hybridized carbons (Fsp3) is 0.154. The molecule has 0 radical (unpaired) electrons. The number of aromatic nitrogens is 3. The molecular formula is C13H11N3OS. The molecule has 90 valence electrons. The molecule has 1 aromatic carbocycles. The first kappa shape index (κ1) is 11.1. The first-order valence-electron chi connectivity index (χ1n) is 5.70. The molecule has 0 saturated heterocycles. The van der Waals surface area contributed by atoms with Crippen LogP contribution in [0.1, 0.15) is 6.92 Å². The lowest BCUT2D eigenvalue weighted by atomic mass is 10.1. The molecule has 0 spiro atoms. The van der Waals surface area contributed by atoms with E-state index in [1.807, 2.05) is 31.2 Å². The minimum absolute atomic E-state index is 0.0404. The molecule has 5 heteroatoms. The molecule has 3 rings (SSSR count). The SMILES string of the molecule is CCn1nc(-c2cncs2)c2ccccc2c1=O. The van der Waals surface area contributed by atoms with Gasteiger partial charge in [-0.2, -0.15) is 5.10 Å². The van der Waals surface area contributed by atoms with Crippen LogP contribution in [0.25, 0.3) is 21.3 Å². The van der Waals surface area contributed by atoms with E-state index in [4.69, 9.17) is 0 Å². The predicted molar refractivity (Wildman–Crippen MR) is 72.8 cm³/mol. The second kappa shape index (κ2) is 4.34. The standard InChI is InChI=1S/C13H11N3OS/c1-2-16-13(17)10-6-4-3-5-9(10)12(15-16)11-7-14-8-18-11/h3-8H,2H2,1H3. The zero-order valence-electron chi connectivity index (χ0n) is 9.83. The van der Waals surface area contributed by atoms with Crippen LogP contribution in [0.3, 0.4) is 0 Å². The van der Waals surface area contributed by atoms with Gasteiger partial charge in [0.1, 0.15) is 5.69 Å². The van der Waals surface area contributed by atoms with E-state index in [9.17, 15) is 4.79 Å². The van der Waals surface area contributed by atoms with Gasteiger partial charge >= 0.3 is 0 Å². The Morgan fingerprint density at radius 2 is 2.06 bits per heavy atom. The number of benzene rings is 1. The Balaban J connectivity index is 2.45. The molecule has 0 atom stereocenters. The molecule has 0 unspecified atom stereocenters. The maximum Gasteiger partial charge on any atom is 0.274 e. The van der Waals surface area contributed by atoms with E-state index in [2.05, 4.69) is 10.1 Å². The number of nitrogens with zero attached hydrogens (tertiary/aromatic N) is 3. The fourth-order valence-electron chi connectivity index (χ4n) is 1.96. The van der Waals surface area contributed by atoms with Gasteiger partial charge in [-0.3, -0.25) is 9.78 Å². The molecule has 4 nitrogen and oxygen atoms in total. The molecule has 0 aliphatic carbocycles. The molecule has 2 heterocycles. The van der Waals surface area contributed by atoms with E-state index in [1.165, 1.54) is 16.0 Å². The Labute approximate surface area is 108 Å². The van der Waals surface area contributed by atoms with Crippen LogP contribution in [0.4, 0.5) is 0 Å². The molecule has 18 heavy (non-hydrogen) atoms. The van der Waals surface area contributed by atoms with Gasteiger partial charge in [0.2, 0.25) is 0 Å². The van der Waals surface area contributed by atoms with Crippen molar-refractivity contribution in [3.8, 4) is 10.6 Å². The summed E-state index contributed by atoms with van der Waals surface area (Å²) in [5.74, 6) is 0. The molecule has 0 amide bonds. The zero-order valence-corrected chi connectivity index (χ0v) is 10.6. The van der Waals surface area contributed by atoms with Gasteiger partial charge in [-0.1, -0.05) is 18.2 Å². The summed E-state index contributed by atoms with van der Waals surface area (Å²) in [6, 6.07) is 7.57. The highest BCUT2D eigenvalue weighted by atomic mass is 32.1. The third-order valence-electron chi connectivity index (χ3n) is 2.83. The van der Waals surface area contributed by atoms with Crippen LogP contribution in [0.5, 0.6) is 0 Å². The quantitative estimate of drug-likeness (QED) is 0.708. The molecule has 0 fully saturated rings.